The normalized spacial score (nSPS) is 11.9. The van der Waals surface area contributed by atoms with Crippen molar-refractivity contribution >= 4 is 16.9 Å². The molecule has 3 aromatic rings. The van der Waals surface area contributed by atoms with Crippen LogP contribution in [0.3, 0.4) is 0 Å². The zero-order chi connectivity index (χ0) is 18.0. The lowest BCUT2D eigenvalue weighted by molar-refractivity contribution is 0.0317. The fraction of sp³-hybridized carbons (Fsp3) is 0.167. The lowest BCUT2D eigenvalue weighted by Gasteiger charge is -2.14. The molecule has 25 heavy (non-hydrogen) atoms. The number of hydrogen-bond donors (Lipinski definition) is 2. The number of aromatic amines is 1. The largest absolute Gasteiger partial charge is 0.507 e. The molecule has 0 aliphatic heterocycles. The Morgan fingerprint density at radius 1 is 1.24 bits per heavy atom. The molecule has 7 nitrogen and oxygen atoms in total. The number of nitrogens with zero attached hydrogens (tertiary/aromatic N) is 1. The summed E-state index contributed by atoms with van der Waals surface area (Å²) in [5.74, 6) is -0.340. The Hall–Kier alpha value is -3.35. The second-order valence-corrected chi connectivity index (χ2v) is 5.40. The van der Waals surface area contributed by atoms with Gasteiger partial charge >= 0.3 is 5.97 Å². The summed E-state index contributed by atoms with van der Waals surface area (Å²) in [4.78, 5) is 31.3. The van der Waals surface area contributed by atoms with Gasteiger partial charge in [-0.15, -0.1) is 0 Å². The number of carbonyl (C=O) groups excluding carboxylic acids is 1. The van der Waals surface area contributed by atoms with E-state index in [-0.39, 0.29) is 22.7 Å². The van der Waals surface area contributed by atoms with Crippen molar-refractivity contribution in [3.63, 3.8) is 0 Å². The predicted octanol–water partition coefficient (Wildman–Crippen LogP) is 2.56. The number of methoxy groups -OCH3 is 1. The van der Waals surface area contributed by atoms with Crippen molar-refractivity contribution in [3.8, 4) is 11.5 Å². The van der Waals surface area contributed by atoms with Crippen LogP contribution in [-0.4, -0.2) is 28.2 Å². The Morgan fingerprint density at radius 2 is 2.00 bits per heavy atom. The van der Waals surface area contributed by atoms with Crippen LogP contribution >= 0.6 is 0 Å². The van der Waals surface area contributed by atoms with Crippen molar-refractivity contribution in [2.75, 3.05) is 7.11 Å². The summed E-state index contributed by atoms with van der Waals surface area (Å²) in [5.41, 5.74) is 0.197. The maximum Gasteiger partial charge on any atom is 0.342 e. The van der Waals surface area contributed by atoms with Crippen molar-refractivity contribution in [1.82, 2.24) is 9.97 Å². The number of rotatable bonds is 4. The molecule has 128 valence electrons. The number of hydrogen-bond acceptors (Lipinski definition) is 6. The number of phenols is 1. The van der Waals surface area contributed by atoms with Gasteiger partial charge in [0.1, 0.15) is 17.1 Å². The lowest BCUT2D eigenvalue weighted by Crippen LogP contribution is -2.17. The lowest BCUT2D eigenvalue weighted by atomic mass is 10.2. The van der Waals surface area contributed by atoms with E-state index in [0.717, 1.165) is 0 Å². The minimum atomic E-state index is -0.800. The summed E-state index contributed by atoms with van der Waals surface area (Å²) in [7, 11) is 1.45. The number of para-hydroxylation sites is 1. The van der Waals surface area contributed by atoms with E-state index in [1.165, 1.54) is 25.3 Å². The fourth-order valence-corrected chi connectivity index (χ4v) is 2.39. The molecule has 2 aromatic carbocycles. The summed E-state index contributed by atoms with van der Waals surface area (Å²) < 4.78 is 10.3. The van der Waals surface area contributed by atoms with Crippen LogP contribution in [0.1, 0.15) is 29.2 Å². The summed E-state index contributed by atoms with van der Waals surface area (Å²) in [6, 6.07) is 11.1. The Labute approximate surface area is 142 Å². The highest BCUT2D eigenvalue weighted by Gasteiger charge is 2.19. The molecule has 0 spiro atoms. The topological polar surface area (TPSA) is 102 Å². The van der Waals surface area contributed by atoms with Gasteiger partial charge in [-0.2, -0.15) is 0 Å². The Morgan fingerprint density at radius 3 is 2.72 bits per heavy atom. The first-order chi connectivity index (χ1) is 12.0. The number of esters is 1. The van der Waals surface area contributed by atoms with Crippen LogP contribution in [0, 0.1) is 0 Å². The Balaban J connectivity index is 1.86. The third-order valence-corrected chi connectivity index (χ3v) is 3.72. The highest BCUT2D eigenvalue weighted by molar-refractivity contribution is 5.92. The number of benzene rings is 2. The smallest absolute Gasteiger partial charge is 0.342 e. The molecule has 1 aromatic heterocycles. The van der Waals surface area contributed by atoms with Crippen molar-refractivity contribution in [2.24, 2.45) is 0 Å². The van der Waals surface area contributed by atoms with E-state index in [9.17, 15) is 14.7 Å². The van der Waals surface area contributed by atoms with Crippen molar-refractivity contribution < 1.29 is 19.4 Å². The van der Waals surface area contributed by atoms with Gasteiger partial charge in [0.15, 0.2) is 11.9 Å². The van der Waals surface area contributed by atoms with E-state index >= 15 is 0 Å². The second-order valence-electron chi connectivity index (χ2n) is 5.40. The van der Waals surface area contributed by atoms with Crippen LogP contribution in [0.25, 0.3) is 10.9 Å². The third-order valence-electron chi connectivity index (χ3n) is 3.72. The number of ether oxygens (including phenoxy) is 2. The van der Waals surface area contributed by atoms with Crippen LogP contribution in [-0.2, 0) is 4.74 Å². The Bertz CT molecular complexity index is 996. The zero-order valence-corrected chi connectivity index (χ0v) is 13.6. The van der Waals surface area contributed by atoms with E-state index in [0.29, 0.717) is 16.7 Å². The molecular weight excluding hydrogens is 324 g/mol. The molecular formula is C18H16N2O5. The average Bonchev–Trinajstić information content (AvgIpc) is 2.61. The Kier molecular flexibility index (Phi) is 4.38. The van der Waals surface area contributed by atoms with E-state index in [2.05, 4.69) is 9.97 Å². The molecule has 2 N–H and O–H groups in total. The third kappa shape index (κ3) is 3.30. The molecule has 0 aliphatic rings. The average molecular weight is 340 g/mol. The number of aromatic nitrogens is 2. The van der Waals surface area contributed by atoms with Crippen molar-refractivity contribution in [1.29, 1.82) is 0 Å². The van der Waals surface area contributed by atoms with Gasteiger partial charge in [0.05, 0.1) is 18.0 Å². The van der Waals surface area contributed by atoms with E-state index < -0.39 is 12.1 Å². The van der Waals surface area contributed by atoms with Crippen LogP contribution in [0.5, 0.6) is 11.5 Å². The number of aromatic hydroxyl groups is 1. The fourth-order valence-electron chi connectivity index (χ4n) is 2.39. The number of carbonyl (C=O) groups is 1. The van der Waals surface area contributed by atoms with E-state index in [1.54, 1.807) is 31.2 Å². The SMILES string of the molecule is COc1ccc(C(=O)O[C@@H](C)c2nc3ccccc3c(=O)[nH]2)c(O)c1. The first kappa shape index (κ1) is 16.5. The van der Waals surface area contributed by atoms with Gasteiger partial charge < -0.3 is 19.6 Å². The number of H-pyrrole nitrogens is 1. The molecule has 0 aliphatic carbocycles. The summed E-state index contributed by atoms with van der Waals surface area (Å²) in [6.07, 6.45) is -0.800. The van der Waals surface area contributed by atoms with Crippen molar-refractivity contribution in [3.05, 3.63) is 64.2 Å². The molecule has 3 rings (SSSR count). The molecule has 7 heteroatoms. The number of nitrogens with one attached hydrogen (secondary N) is 1. The first-order valence-corrected chi connectivity index (χ1v) is 7.56. The van der Waals surface area contributed by atoms with Gasteiger partial charge in [-0.1, -0.05) is 12.1 Å². The molecule has 0 unspecified atom stereocenters. The minimum absolute atomic E-state index is 0.00390. The van der Waals surface area contributed by atoms with Crippen LogP contribution in [0.15, 0.2) is 47.3 Å². The molecule has 0 saturated carbocycles. The summed E-state index contributed by atoms with van der Waals surface area (Å²) >= 11 is 0. The highest BCUT2D eigenvalue weighted by atomic mass is 16.5. The van der Waals surface area contributed by atoms with Crippen LogP contribution in [0.4, 0.5) is 0 Å². The molecule has 0 bridgehead atoms. The van der Waals surface area contributed by atoms with Gasteiger partial charge in [0, 0.05) is 6.07 Å². The summed E-state index contributed by atoms with van der Waals surface area (Å²) in [6.45, 7) is 1.59. The van der Waals surface area contributed by atoms with Crippen LogP contribution < -0.4 is 10.3 Å². The second kappa shape index (κ2) is 6.64. The number of fused-ring (bicyclic) bond motifs is 1. The van der Waals surface area contributed by atoms with Gasteiger partial charge in [0.2, 0.25) is 0 Å². The van der Waals surface area contributed by atoms with Gasteiger partial charge in [-0.25, -0.2) is 9.78 Å². The molecule has 0 saturated heterocycles. The van der Waals surface area contributed by atoms with E-state index in [1.807, 2.05) is 0 Å². The van der Waals surface area contributed by atoms with Gasteiger partial charge in [-0.3, -0.25) is 4.79 Å². The predicted molar refractivity (Wildman–Crippen MR) is 90.9 cm³/mol. The first-order valence-electron chi connectivity index (χ1n) is 7.56. The van der Waals surface area contributed by atoms with Crippen LogP contribution in [0.2, 0.25) is 0 Å². The standard InChI is InChI=1S/C18H16N2O5/c1-10(16-19-14-6-4-3-5-12(14)17(22)20-16)25-18(23)13-8-7-11(24-2)9-15(13)21/h3-10,21H,1-2H3,(H,19,20,22)/t10-/m0/s1. The molecule has 0 radical (unpaired) electrons. The maximum absolute atomic E-state index is 12.3. The van der Waals surface area contributed by atoms with Crippen molar-refractivity contribution in [2.45, 2.75) is 13.0 Å². The van der Waals surface area contributed by atoms with Gasteiger partial charge in [-0.05, 0) is 31.2 Å². The van der Waals surface area contributed by atoms with Gasteiger partial charge in [0.25, 0.3) is 5.56 Å². The summed E-state index contributed by atoms with van der Waals surface area (Å²) in [5, 5.41) is 10.4. The highest BCUT2D eigenvalue weighted by Crippen LogP contribution is 2.25. The molecule has 1 heterocycles. The monoisotopic (exact) mass is 340 g/mol. The number of phenolic OH excluding ortho intramolecular Hbond substituents is 1. The molecule has 1 atom stereocenters. The molecule has 0 fully saturated rings. The minimum Gasteiger partial charge on any atom is -0.507 e. The maximum atomic E-state index is 12.3. The molecule has 0 amide bonds. The zero-order valence-electron chi connectivity index (χ0n) is 13.6. The van der Waals surface area contributed by atoms with E-state index in [4.69, 9.17) is 9.47 Å². The quantitative estimate of drug-likeness (QED) is 0.708.